The largest absolute Gasteiger partial charge is 0.369 e. The number of primary amides is 1. The van der Waals surface area contributed by atoms with E-state index in [9.17, 15) is 4.79 Å². The SMILES string of the molecule is C=C1C(F)=C(NC(CC(C)C)c2ncc[nH]2)N=C(Nc2ccc3ncccc3c2)C1C(N)=O. The summed E-state index contributed by atoms with van der Waals surface area (Å²) < 4.78 is 15.2. The molecule has 2 unspecified atom stereocenters. The van der Waals surface area contributed by atoms with Crippen LogP contribution in [-0.2, 0) is 4.79 Å². The summed E-state index contributed by atoms with van der Waals surface area (Å²) in [6, 6.07) is 8.98. The van der Waals surface area contributed by atoms with Crippen molar-refractivity contribution >= 4 is 28.3 Å². The van der Waals surface area contributed by atoms with Crippen molar-refractivity contribution in [2.45, 2.75) is 26.3 Å². The topological polar surface area (TPSA) is 121 Å². The summed E-state index contributed by atoms with van der Waals surface area (Å²) in [7, 11) is 0. The minimum absolute atomic E-state index is 0.0236. The Morgan fingerprint density at radius 3 is 2.79 bits per heavy atom. The predicted octanol–water partition coefficient (Wildman–Crippen LogP) is 3.96. The van der Waals surface area contributed by atoms with Crippen LogP contribution in [0.1, 0.15) is 32.1 Å². The van der Waals surface area contributed by atoms with Crippen LogP contribution in [0.5, 0.6) is 0 Å². The summed E-state index contributed by atoms with van der Waals surface area (Å²) in [5.41, 5.74) is 7.03. The molecule has 1 aliphatic heterocycles. The van der Waals surface area contributed by atoms with E-state index in [0.29, 0.717) is 23.9 Å². The van der Waals surface area contributed by atoms with Crippen LogP contribution in [-0.4, -0.2) is 26.7 Å². The second-order valence-corrected chi connectivity index (χ2v) is 8.36. The van der Waals surface area contributed by atoms with E-state index in [-0.39, 0.29) is 23.3 Å². The van der Waals surface area contributed by atoms with E-state index in [4.69, 9.17) is 5.73 Å². The lowest BCUT2D eigenvalue weighted by Gasteiger charge is -2.27. The lowest BCUT2D eigenvalue weighted by molar-refractivity contribution is -0.119. The van der Waals surface area contributed by atoms with E-state index in [1.54, 1.807) is 18.6 Å². The molecule has 170 valence electrons. The maximum Gasteiger partial charge on any atom is 0.232 e. The van der Waals surface area contributed by atoms with Crippen LogP contribution in [0.25, 0.3) is 10.9 Å². The number of anilines is 1. The first-order valence-corrected chi connectivity index (χ1v) is 10.7. The van der Waals surface area contributed by atoms with Gasteiger partial charge in [0.1, 0.15) is 17.6 Å². The molecule has 0 saturated heterocycles. The molecule has 0 saturated carbocycles. The van der Waals surface area contributed by atoms with E-state index < -0.39 is 17.7 Å². The summed E-state index contributed by atoms with van der Waals surface area (Å²) in [5, 5.41) is 7.17. The summed E-state index contributed by atoms with van der Waals surface area (Å²) in [6.07, 6.45) is 5.75. The molecule has 0 spiro atoms. The minimum atomic E-state index is -1.12. The summed E-state index contributed by atoms with van der Waals surface area (Å²) >= 11 is 0. The van der Waals surface area contributed by atoms with Crippen molar-refractivity contribution in [1.82, 2.24) is 20.3 Å². The lowest BCUT2D eigenvalue weighted by atomic mass is 9.94. The Hall–Kier alpha value is -4.01. The number of nitrogens with zero attached hydrogens (tertiary/aromatic N) is 3. The number of imidazole rings is 1. The van der Waals surface area contributed by atoms with Gasteiger partial charge in [-0.2, -0.15) is 0 Å². The van der Waals surface area contributed by atoms with Crippen molar-refractivity contribution in [3.63, 3.8) is 0 Å². The third kappa shape index (κ3) is 4.77. The average Bonchev–Trinajstić information content (AvgIpc) is 3.31. The number of hydrogen-bond donors (Lipinski definition) is 4. The molecule has 3 heterocycles. The molecule has 3 aromatic rings. The van der Waals surface area contributed by atoms with E-state index in [1.807, 2.05) is 30.3 Å². The third-order valence-corrected chi connectivity index (χ3v) is 5.37. The van der Waals surface area contributed by atoms with Gasteiger partial charge < -0.3 is 21.4 Å². The van der Waals surface area contributed by atoms with Gasteiger partial charge in [-0.25, -0.2) is 14.4 Å². The van der Waals surface area contributed by atoms with E-state index >= 15 is 4.39 Å². The van der Waals surface area contributed by atoms with Gasteiger partial charge in [0, 0.05) is 35.2 Å². The number of aromatic amines is 1. The molecule has 4 rings (SSSR count). The Morgan fingerprint density at radius 1 is 1.27 bits per heavy atom. The third-order valence-electron chi connectivity index (χ3n) is 5.37. The van der Waals surface area contributed by atoms with Crippen LogP contribution in [0.3, 0.4) is 0 Å². The number of amidine groups is 1. The number of nitrogens with one attached hydrogen (secondary N) is 3. The zero-order valence-corrected chi connectivity index (χ0v) is 18.5. The summed E-state index contributed by atoms with van der Waals surface area (Å²) in [4.78, 5) is 28.3. The summed E-state index contributed by atoms with van der Waals surface area (Å²) in [5.74, 6) is -1.41. The molecular weight excluding hydrogens is 421 g/mol. The molecule has 1 amide bonds. The number of carbonyl (C=O) groups is 1. The van der Waals surface area contributed by atoms with E-state index in [0.717, 1.165) is 10.9 Å². The number of fused-ring (bicyclic) bond motifs is 1. The zero-order chi connectivity index (χ0) is 23.5. The quantitative estimate of drug-likeness (QED) is 0.437. The van der Waals surface area contributed by atoms with Gasteiger partial charge in [0.25, 0.3) is 0 Å². The maximum absolute atomic E-state index is 15.2. The van der Waals surface area contributed by atoms with Crippen LogP contribution in [0.2, 0.25) is 0 Å². The first-order chi connectivity index (χ1) is 15.8. The Morgan fingerprint density at radius 2 is 2.09 bits per heavy atom. The molecule has 8 nitrogen and oxygen atoms in total. The molecule has 0 radical (unpaired) electrons. The van der Waals surface area contributed by atoms with Gasteiger partial charge in [0.05, 0.1) is 11.6 Å². The smallest absolute Gasteiger partial charge is 0.232 e. The number of benzene rings is 1. The molecule has 0 fully saturated rings. The van der Waals surface area contributed by atoms with Crippen molar-refractivity contribution < 1.29 is 9.18 Å². The first-order valence-electron chi connectivity index (χ1n) is 10.7. The van der Waals surface area contributed by atoms with Crippen molar-refractivity contribution in [3.05, 3.63) is 78.5 Å². The monoisotopic (exact) mass is 447 g/mol. The second-order valence-electron chi connectivity index (χ2n) is 8.36. The fourth-order valence-corrected chi connectivity index (χ4v) is 3.82. The minimum Gasteiger partial charge on any atom is -0.369 e. The number of pyridine rings is 1. The fourth-order valence-electron chi connectivity index (χ4n) is 3.82. The highest BCUT2D eigenvalue weighted by Crippen LogP contribution is 2.32. The summed E-state index contributed by atoms with van der Waals surface area (Å²) in [6.45, 7) is 7.92. The highest BCUT2D eigenvalue weighted by molar-refractivity contribution is 6.13. The lowest BCUT2D eigenvalue weighted by Crippen LogP contribution is -2.39. The fraction of sp³-hybridized carbons (Fsp3) is 0.250. The van der Waals surface area contributed by atoms with Crippen LogP contribution in [0, 0.1) is 11.8 Å². The number of hydrogen-bond acceptors (Lipinski definition) is 6. The van der Waals surface area contributed by atoms with Gasteiger partial charge in [-0.05, 0) is 36.6 Å². The maximum atomic E-state index is 15.2. The van der Waals surface area contributed by atoms with Crippen molar-refractivity contribution in [2.75, 3.05) is 5.32 Å². The van der Waals surface area contributed by atoms with Gasteiger partial charge in [-0.3, -0.25) is 9.78 Å². The van der Waals surface area contributed by atoms with Crippen molar-refractivity contribution in [3.8, 4) is 0 Å². The van der Waals surface area contributed by atoms with Gasteiger partial charge in [0.15, 0.2) is 11.6 Å². The molecule has 2 atom stereocenters. The van der Waals surface area contributed by atoms with Crippen LogP contribution in [0.4, 0.5) is 10.1 Å². The van der Waals surface area contributed by atoms with Gasteiger partial charge in [0.2, 0.25) is 5.91 Å². The molecule has 0 aliphatic carbocycles. The standard InChI is InChI=1S/C24H26FN7O/c1-13(2)11-18(22-28-9-10-29-22)31-24-20(25)14(3)19(21(26)33)23(32-24)30-16-6-7-17-15(12-16)5-4-8-27-17/h4-10,12-13,18-19,31H,3,11H2,1-2H3,(H2,26,33)(H,28,29)(H,30,32). The number of allylic oxidation sites excluding steroid dienone is 1. The van der Waals surface area contributed by atoms with Gasteiger partial charge >= 0.3 is 0 Å². The molecule has 1 aromatic carbocycles. The highest BCUT2D eigenvalue weighted by Gasteiger charge is 2.34. The van der Waals surface area contributed by atoms with Crippen molar-refractivity contribution in [1.29, 1.82) is 0 Å². The number of aliphatic imine (C=N–C) groups is 1. The molecule has 0 bridgehead atoms. The van der Waals surface area contributed by atoms with Crippen molar-refractivity contribution in [2.24, 2.45) is 22.6 Å². The molecule has 2 aromatic heterocycles. The molecule has 9 heteroatoms. The number of amides is 1. The number of carbonyl (C=O) groups excluding carboxylic acids is 1. The van der Waals surface area contributed by atoms with Gasteiger partial charge in [-0.1, -0.05) is 26.5 Å². The molecule has 33 heavy (non-hydrogen) atoms. The Balaban J connectivity index is 1.69. The first kappa shape index (κ1) is 22.2. The number of halogens is 1. The molecular formula is C24H26FN7O. The average molecular weight is 448 g/mol. The van der Waals surface area contributed by atoms with Gasteiger partial charge in [-0.15, -0.1) is 0 Å². The number of nitrogens with two attached hydrogens (primary N) is 1. The normalized spacial score (nSPS) is 17.3. The van der Waals surface area contributed by atoms with Crippen LogP contribution < -0.4 is 16.4 Å². The second kappa shape index (κ2) is 9.23. The molecule has 1 aliphatic rings. The van der Waals surface area contributed by atoms with Crippen LogP contribution in [0.15, 0.2) is 77.7 Å². The number of aromatic nitrogens is 3. The Kier molecular flexibility index (Phi) is 6.21. The predicted molar refractivity (Wildman–Crippen MR) is 127 cm³/mol. The van der Waals surface area contributed by atoms with E-state index in [2.05, 4.69) is 51.0 Å². The Bertz CT molecular complexity index is 1250. The zero-order valence-electron chi connectivity index (χ0n) is 18.5. The number of H-pyrrole nitrogens is 1. The Labute approximate surface area is 190 Å². The highest BCUT2D eigenvalue weighted by atomic mass is 19.1. The number of rotatable bonds is 7. The van der Waals surface area contributed by atoms with Crippen LogP contribution >= 0.6 is 0 Å². The van der Waals surface area contributed by atoms with E-state index in [1.165, 1.54) is 0 Å². The molecule has 5 N–H and O–H groups in total.